The highest BCUT2D eigenvalue weighted by atomic mass is 14.6. The Morgan fingerprint density at radius 3 is 2.54 bits per heavy atom. The largest absolute Gasteiger partial charge is 0.398 e. The predicted molar refractivity (Wildman–Crippen MR) is 59.3 cm³/mol. The second kappa shape index (κ2) is 4.13. The molecule has 0 atom stereocenters. The van der Waals surface area contributed by atoms with Crippen LogP contribution in [-0.2, 0) is 0 Å². The summed E-state index contributed by atoms with van der Waals surface area (Å²) >= 11 is 0. The second-order valence-electron chi connectivity index (χ2n) is 3.79. The maximum Gasteiger partial charge on any atom is 0.0390 e. The Bertz CT molecular complexity index is 300. The molecule has 1 nitrogen and oxygen atoms in total. The van der Waals surface area contributed by atoms with E-state index < -0.39 is 0 Å². The van der Waals surface area contributed by atoms with Crippen LogP contribution in [0.2, 0.25) is 0 Å². The lowest BCUT2D eigenvalue weighted by atomic mass is 9.97. The second-order valence-corrected chi connectivity index (χ2v) is 3.79. The van der Waals surface area contributed by atoms with Gasteiger partial charge in [0, 0.05) is 5.69 Å². The number of anilines is 1. The quantitative estimate of drug-likeness (QED) is 0.701. The van der Waals surface area contributed by atoms with Gasteiger partial charge in [-0.25, -0.2) is 0 Å². The number of benzene rings is 1. The Kier molecular flexibility index (Phi) is 3.13. The summed E-state index contributed by atoms with van der Waals surface area (Å²) in [4.78, 5) is 0. The van der Waals surface area contributed by atoms with Crippen molar-refractivity contribution >= 4 is 11.3 Å². The molecule has 0 aliphatic heterocycles. The first-order valence-electron chi connectivity index (χ1n) is 4.64. The highest BCUT2D eigenvalue weighted by Gasteiger charge is 2.04. The third kappa shape index (κ3) is 2.62. The van der Waals surface area contributed by atoms with Gasteiger partial charge in [-0.1, -0.05) is 38.6 Å². The lowest BCUT2D eigenvalue weighted by molar-refractivity contribution is 0.674. The average molecular weight is 175 g/mol. The fraction of sp³-hybridized carbons (Fsp3) is 0.333. The summed E-state index contributed by atoms with van der Waals surface area (Å²) in [6.45, 7) is 8.42. The summed E-state index contributed by atoms with van der Waals surface area (Å²) in [5.41, 5.74) is 8.89. The van der Waals surface area contributed by atoms with Gasteiger partial charge in [-0.15, -0.1) is 0 Å². The lowest BCUT2D eigenvalue weighted by Gasteiger charge is -2.10. The minimum atomic E-state index is 0.632. The maximum atomic E-state index is 5.84. The molecular formula is C12H17N. The molecule has 0 fully saturated rings. The van der Waals surface area contributed by atoms with Gasteiger partial charge in [-0.2, -0.15) is 0 Å². The van der Waals surface area contributed by atoms with E-state index in [0.29, 0.717) is 5.92 Å². The van der Waals surface area contributed by atoms with Crippen LogP contribution in [0.15, 0.2) is 30.8 Å². The zero-order valence-corrected chi connectivity index (χ0v) is 8.38. The summed E-state index contributed by atoms with van der Waals surface area (Å²) in [6.07, 6.45) is 1.01. The third-order valence-corrected chi connectivity index (χ3v) is 2.00. The van der Waals surface area contributed by atoms with Gasteiger partial charge in [0.1, 0.15) is 0 Å². The molecule has 1 aromatic carbocycles. The van der Waals surface area contributed by atoms with Crippen molar-refractivity contribution in [1.29, 1.82) is 0 Å². The molecule has 0 bridgehead atoms. The van der Waals surface area contributed by atoms with Crippen molar-refractivity contribution < 1.29 is 0 Å². The summed E-state index contributed by atoms with van der Waals surface area (Å²) < 4.78 is 0. The van der Waals surface area contributed by atoms with Gasteiger partial charge in [0.05, 0.1) is 0 Å². The van der Waals surface area contributed by atoms with Gasteiger partial charge in [0.25, 0.3) is 0 Å². The van der Waals surface area contributed by atoms with Crippen molar-refractivity contribution in [3.8, 4) is 0 Å². The Hall–Kier alpha value is -1.24. The molecule has 0 saturated heterocycles. The zero-order chi connectivity index (χ0) is 9.84. The Balaban J connectivity index is 2.83. The van der Waals surface area contributed by atoms with Gasteiger partial charge in [0.15, 0.2) is 0 Å². The van der Waals surface area contributed by atoms with Crippen molar-refractivity contribution in [2.24, 2.45) is 5.92 Å². The number of hydrogen-bond donors (Lipinski definition) is 1. The van der Waals surface area contributed by atoms with E-state index in [1.165, 1.54) is 0 Å². The van der Waals surface area contributed by atoms with Crippen molar-refractivity contribution in [3.63, 3.8) is 0 Å². The number of para-hydroxylation sites is 1. The van der Waals surface area contributed by atoms with Gasteiger partial charge < -0.3 is 5.73 Å². The lowest BCUT2D eigenvalue weighted by Crippen LogP contribution is -1.95. The van der Waals surface area contributed by atoms with Crippen LogP contribution in [0.4, 0.5) is 5.69 Å². The fourth-order valence-corrected chi connectivity index (χ4v) is 1.42. The number of hydrogen-bond acceptors (Lipinski definition) is 1. The molecule has 0 amide bonds. The first-order chi connectivity index (χ1) is 6.11. The molecule has 0 saturated carbocycles. The molecule has 70 valence electrons. The average Bonchev–Trinajstić information content (AvgIpc) is 2.03. The summed E-state index contributed by atoms with van der Waals surface area (Å²) in [5.74, 6) is 0.632. The van der Waals surface area contributed by atoms with E-state index in [-0.39, 0.29) is 0 Å². The highest BCUT2D eigenvalue weighted by molar-refractivity contribution is 5.73. The van der Waals surface area contributed by atoms with E-state index in [9.17, 15) is 0 Å². The van der Waals surface area contributed by atoms with Crippen molar-refractivity contribution in [2.45, 2.75) is 20.3 Å². The first-order valence-corrected chi connectivity index (χ1v) is 4.64. The normalized spacial score (nSPS) is 10.4. The van der Waals surface area contributed by atoms with E-state index in [1.54, 1.807) is 0 Å². The molecule has 13 heavy (non-hydrogen) atoms. The maximum absolute atomic E-state index is 5.84. The van der Waals surface area contributed by atoms with Crippen molar-refractivity contribution in [2.75, 3.05) is 5.73 Å². The fourth-order valence-electron chi connectivity index (χ4n) is 1.42. The standard InChI is InChI=1S/C12H17N/c1-9(2)8-10(3)11-6-4-5-7-12(11)13/h4-7,9H,3,8,13H2,1-2H3. The van der Waals surface area contributed by atoms with Gasteiger partial charge >= 0.3 is 0 Å². The molecule has 0 aliphatic rings. The van der Waals surface area contributed by atoms with Crippen LogP contribution in [0.25, 0.3) is 5.57 Å². The van der Waals surface area contributed by atoms with Gasteiger partial charge in [-0.3, -0.25) is 0 Å². The summed E-state index contributed by atoms with van der Waals surface area (Å²) in [5, 5.41) is 0. The monoisotopic (exact) mass is 175 g/mol. The van der Waals surface area contributed by atoms with E-state index in [0.717, 1.165) is 23.2 Å². The van der Waals surface area contributed by atoms with Gasteiger partial charge in [-0.05, 0) is 29.5 Å². The highest BCUT2D eigenvalue weighted by Crippen LogP contribution is 2.24. The van der Waals surface area contributed by atoms with Crippen molar-refractivity contribution in [1.82, 2.24) is 0 Å². The van der Waals surface area contributed by atoms with E-state index in [4.69, 9.17) is 5.73 Å². The molecule has 0 radical (unpaired) electrons. The van der Waals surface area contributed by atoms with Crippen LogP contribution in [0, 0.1) is 5.92 Å². The molecule has 0 spiro atoms. The summed E-state index contributed by atoms with van der Waals surface area (Å²) in [7, 11) is 0. The van der Waals surface area contributed by atoms with Crippen LogP contribution in [0.3, 0.4) is 0 Å². The Morgan fingerprint density at radius 1 is 1.38 bits per heavy atom. The smallest absolute Gasteiger partial charge is 0.0390 e. The van der Waals surface area contributed by atoms with Crippen LogP contribution < -0.4 is 5.73 Å². The Morgan fingerprint density at radius 2 is 2.00 bits per heavy atom. The molecular weight excluding hydrogens is 158 g/mol. The SMILES string of the molecule is C=C(CC(C)C)c1ccccc1N. The minimum absolute atomic E-state index is 0.632. The van der Waals surface area contributed by atoms with Crippen LogP contribution in [0.1, 0.15) is 25.8 Å². The molecule has 0 aromatic heterocycles. The van der Waals surface area contributed by atoms with Crippen molar-refractivity contribution in [3.05, 3.63) is 36.4 Å². The number of nitrogen functional groups attached to an aromatic ring is 1. The molecule has 0 unspecified atom stereocenters. The molecule has 2 N–H and O–H groups in total. The topological polar surface area (TPSA) is 26.0 Å². The third-order valence-electron chi connectivity index (χ3n) is 2.00. The molecule has 1 aromatic rings. The van der Waals surface area contributed by atoms with Gasteiger partial charge in [0.2, 0.25) is 0 Å². The molecule has 0 heterocycles. The van der Waals surface area contributed by atoms with Crippen LogP contribution in [-0.4, -0.2) is 0 Å². The number of allylic oxidation sites excluding steroid dienone is 1. The van der Waals surface area contributed by atoms with Crippen LogP contribution >= 0.6 is 0 Å². The minimum Gasteiger partial charge on any atom is -0.398 e. The Labute approximate surface area is 80.3 Å². The number of nitrogens with two attached hydrogens (primary N) is 1. The van der Waals surface area contributed by atoms with Crippen LogP contribution in [0.5, 0.6) is 0 Å². The van der Waals surface area contributed by atoms with E-state index in [2.05, 4.69) is 20.4 Å². The number of rotatable bonds is 3. The first kappa shape index (κ1) is 9.85. The zero-order valence-electron chi connectivity index (χ0n) is 8.38. The molecule has 1 heteroatoms. The van der Waals surface area contributed by atoms with E-state index in [1.807, 2.05) is 24.3 Å². The molecule has 1 rings (SSSR count). The van der Waals surface area contributed by atoms with E-state index >= 15 is 0 Å². The summed E-state index contributed by atoms with van der Waals surface area (Å²) in [6, 6.07) is 7.89. The molecule has 0 aliphatic carbocycles. The predicted octanol–water partition coefficient (Wildman–Crippen LogP) is 3.33.